The Kier molecular flexibility index (Phi) is 4.50. The van der Waals surface area contributed by atoms with E-state index in [0.29, 0.717) is 5.92 Å². The van der Waals surface area contributed by atoms with Gasteiger partial charge in [0.1, 0.15) is 23.5 Å². The predicted octanol–water partition coefficient (Wildman–Crippen LogP) is 3.40. The Morgan fingerprint density at radius 3 is 2.76 bits per heavy atom. The molecule has 1 aromatic carbocycles. The quantitative estimate of drug-likeness (QED) is 0.633. The second-order valence-electron chi connectivity index (χ2n) is 7.70. The van der Waals surface area contributed by atoms with Gasteiger partial charge in [0.05, 0.1) is 20.3 Å². The Morgan fingerprint density at radius 1 is 1.14 bits per heavy atom. The maximum atomic E-state index is 5.65. The van der Waals surface area contributed by atoms with Crippen LogP contribution in [0.1, 0.15) is 49.0 Å². The molecule has 0 bridgehead atoms. The van der Waals surface area contributed by atoms with E-state index in [-0.39, 0.29) is 6.04 Å². The van der Waals surface area contributed by atoms with Crippen LogP contribution in [0.4, 0.5) is 0 Å². The summed E-state index contributed by atoms with van der Waals surface area (Å²) in [7, 11) is 3.35. The summed E-state index contributed by atoms with van der Waals surface area (Å²) in [4.78, 5) is 7.03. The van der Waals surface area contributed by atoms with Gasteiger partial charge in [0.15, 0.2) is 17.5 Å². The van der Waals surface area contributed by atoms with Gasteiger partial charge in [-0.1, -0.05) is 6.07 Å². The van der Waals surface area contributed by atoms with Crippen molar-refractivity contribution in [3.8, 4) is 23.0 Å². The molecule has 1 aliphatic heterocycles. The number of ether oxygens (including phenoxy) is 2. The van der Waals surface area contributed by atoms with E-state index >= 15 is 0 Å². The minimum atomic E-state index is 0.131. The van der Waals surface area contributed by atoms with E-state index in [0.717, 1.165) is 59.9 Å². The first-order valence-electron chi connectivity index (χ1n) is 10.0. The van der Waals surface area contributed by atoms with Crippen molar-refractivity contribution < 1.29 is 13.9 Å². The highest BCUT2D eigenvalue weighted by Crippen LogP contribution is 2.40. The van der Waals surface area contributed by atoms with Crippen LogP contribution in [0.15, 0.2) is 28.9 Å². The molecule has 0 unspecified atom stereocenters. The number of hydrogen-bond donors (Lipinski definition) is 0. The smallest absolute Gasteiger partial charge is 0.197 e. The summed E-state index contributed by atoms with van der Waals surface area (Å²) in [5.41, 5.74) is 1.90. The zero-order chi connectivity index (χ0) is 20.0. The Bertz CT molecular complexity index is 1020. The summed E-state index contributed by atoms with van der Waals surface area (Å²) in [6.45, 7) is 4.64. The molecule has 1 atom stereocenters. The number of rotatable bonds is 6. The van der Waals surface area contributed by atoms with Crippen LogP contribution in [0, 0.1) is 0 Å². The molecule has 0 spiro atoms. The lowest BCUT2D eigenvalue weighted by molar-refractivity contribution is 0.155. The number of nitrogens with zero attached hydrogens (tertiary/aromatic N) is 5. The highest BCUT2D eigenvalue weighted by Gasteiger charge is 2.32. The van der Waals surface area contributed by atoms with E-state index < -0.39 is 0 Å². The maximum absolute atomic E-state index is 5.65. The summed E-state index contributed by atoms with van der Waals surface area (Å²) in [6.07, 6.45) is 4.04. The topological polar surface area (TPSA) is 78.4 Å². The largest absolute Gasteiger partial charge is 0.497 e. The van der Waals surface area contributed by atoms with Gasteiger partial charge in [-0.25, -0.2) is 4.98 Å². The molecule has 3 heterocycles. The van der Waals surface area contributed by atoms with Crippen LogP contribution >= 0.6 is 0 Å². The van der Waals surface area contributed by atoms with Gasteiger partial charge in [-0.05, 0) is 25.8 Å². The van der Waals surface area contributed by atoms with E-state index in [1.165, 1.54) is 12.8 Å². The normalized spacial score (nSPS) is 19.2. The Morgan fingerprint density at radius 2 is 2.00 bits per heavy atom. The first-order valence-corrected chi connectivity index (χ1v) is 10.0. The van der Waals surface area contributed by atoms with Crippen LogP contribution in [0.3, 0.4) is 0 Å². The number of hydrogen-bond acceptors (Lipinski definition) is 7. The zero-order valence-electron chi connectivity index (χ0n) is 17.0. The SMILES string of the molecule is COc1ccc(CN2CCn3c(-c4coc(C5CC5)n4)nnc3[C@H]2C)c(OC)c1. The zero-order valence-corrected chi connectivity index (χ0v) is 17.0. The summed E-state index contributed by atoms with van der Waals surface area (Å²) in [6, 6.07) is 6.08. The molecule has 0 radical (unpaired) electrons. The standard InChI is InChI=1S/C21H25N5O3/c1-13-19-23-24-20(17-12-29-21(22-17)14-4-5-14)26(19)9-8-25(13)11-15-6-7-16(27-2)10-18(15)28-3/h6-7,10,12-14H,4-5,8-9,11H2,1-3H3/t13-/m1/s1. The van der Waals surface area contributed by atoms with Crippen molar-refractivity contribution in [2.45, 2.75) is 44.8 Å². The second-order valence-corrected chi connectivity index (χ2v) is 7.70. The lowest BCUT2D eigenvalue weighted by Crippen LogP contribution is -2.36. The molecule has 0 amide bonds. The van der Waals surface area contributed by atoms with Crippen molar-refractivity contribution in [1.82, 2.24) is 24.6 Å². The van der Waals surface area contributed by atoms with Crippen molar-refractivity contribution in [2.75, 3.05) is 20.8 Å². The number of methoxy groups -OCH3 is 2. The number of fused-ring (bicyclic) bond motifs is 1. The third-order valence-corrected chi connectivity index (χ3v) is 5.86. The highest BCUT2D eigenvalue weighted by molar-refractivity contribution is 5.48. The van der Waals surface area contributed by atoms with Gasteiger partial charge in [-0.15, -0.1) is 10.2 Å². The van der Waals surface area contributed by atoms with E-state index in [1.807, 2.05) is 12.1 Å². The minimum absolute atomic E-state index is 0.131. The Hall–Kier alpha value is -2.87. The fraction of sp³-hybridized carbons (Fsp3) is 0.476. The average Bonchev–Trinajstić information content (AvgIpc) is 3.32. The molecule has 2 aromatic heterocycles. The molecule has 1 fully saturated rings. The molecular formula is C21H25N5O3. The molecule has 0 saturated heterocycles. The monoisotopic (exact) mass is 395 g/mol. The summed E-state index contributed by atoms with van der Waals surface area (Å²) in [5, 5.41) is 8.92. The van der Waals surface area contributed by atoms with Crippen molar-refractivity contribution in [3.05, 3.63) is 41.7 Å². The Labute approximate surface area is 169 Å². The number of oxazole rings is 1. The fourth-order valence-corrected chi connectivity index (χ4v) is 3.94. The van der Waals surface area contributed by atoms with Gasteiger partial charge in [-0.2, -0.15) is 0 Å². The van der Waals surface area contributed by atoms with Gasteiger partial charge in [-0.3, -0.25) is 4.90 Å². The lowest BCUT2D eigenvalue weighted by Gasteiger charge is -2.33. The van der Waals surface area contributed by atoms with Crippen LogP contribution in [-0.2, 0) is 13.1 Å². The minimum Gasteiger partial charge on any atom is -0.497 e. The van der Waals surface area contributed by atoms with Crippen LogP contribution in [0.5, 0.6) is 11.5 Å². The van der Waals surface area contributed by atoms with Crippen molar-refractivity contribution in [1.29, 1.82) is 0 Å². The van der Waals surface area contributed by atoms with Crippen molar-refractivity contribution in [3.63, 3.8) is 0 Å². The molecule has 3 aromatic rings. The molecular weight excluding hydrogens is 370 g/mol. The van der Waals surface area contributed by atoms with Crippen LogP contribution in [0.25, 0.3) is 11.5 Å². The third kappa shape index (κ3) is 3.27. The highest BCUT2D eigenvalue weighted by atomic mass is 16.5. The van der Waals surface area contributed by atoms with E-state index in [9.17, 15) is 0 Å². The maximum Gasteiger partial charge on any atom is 0.197 e. The van der Waals surface area contributed by atoms with Crippen LogP contribution < -0.4 is 9.47 Å². The molecule has 1 aliphatic carbocycles. The second kappa shape index (κ2) is 7.18. The van der Waals surface area contributed by atoms with Gasteiger partial charge < -0.3 is 18.5 Å². The molecule has 1 saturated carbocycles. The molecule has 5 rings (SSSR count). The van der Waals surface area contributed by atoms with E-state index in [2.05, 4.69) is 37.6 Å². The Balaban J connectivity index is 1.37. The molecule has 8 nitrogen and oxygen atoms in total. The van der Waals surface area contributed by atoms with Crippen LogP contribution in [-0.4, -0.2) is 45.4 Å². The molecule has 2 aliphatic rings. The summed E-state index contributed by atoms with van der Waals surface area (Å²) < 4.78 is 18.7. The first kappa shape index (κ1) is 18.2. The van der Waals surface area contributed by atoms with Gasteiger partial charge in [0.2, 0.25) is 0 Å². The summed E-state index contributed by atoms with van der Waals surface area (Å²) >= 11 is 0. The van der Waals surface area contributed by atoms with Crippen LogP contribution in [0.2, 0.25) is 0 Å². The predicted molar refractivity (Wildman–Crippen MR) is 106 cm³/mol. The lowest BCUT2D eigenvalue weighted by atomic mass is 10.1. The fourth-order valence-electron chi connectivity index (χ4n) is 3.94. The van der Waals surface area contributed by atoms with E-state index in [1.54, 1.807) is 20.5 Å². The van der Waals surface area contributed by atoms with Gasteiger partial charge >= 0.3 is 0 Å². The van der Waals surface area contributed by atoms with E-state index in [4.69, 9.17) is 13.9 Å². The van der Waals surface area contributed by atoms with Gasteiger partial charge in [0.25, 0.3) is 0 Å². The number of aromatic nitrogens is 4. The first-order chi connectivity index (χ1) is 14.2. The van der Waals surface area contributed by atoms with Gasteiger partial charge in [0, 0.05) is 37.2 Å². The molecule has 29 heavy (non-hydrogen) atoms. The molecule has 152 valence electrons. The molecule has 0 N–H and O–H groups in total. The number of benzene rings is 1. The molecule has 8 heteroatoms. The summed E-state index contributed by atoms with van der Waals surface area (Å²) in [5.74, 6) is 4.69. The average molecular weight is 395 g/mol. The van der Waals surface area contributed by atoms with Crippen molar-refractivity contribution >= 4 is 0 Å². The van der Waals surface area contributed by atoms with Crippen molar-refractivity contribution in [2.24, 2.45) is 0 Å². The third-order valence-electron chi connectivity index (χ3n) is 5.86.